The van der Waals surface area contributed by atoms with Crippen molar-refractivity contribution in [2.24, 2.45) is 0 Å². The molecule has 0 bridgehead atoms. The molecular formula is C17H19FO2. The second-order valence-corrected chi connectivity index (χ2v) is 5.64. The first-order valence-electron chi connectivity index (χ1n) is 7.26. The fourth-order valence-corrected chi connectivity index (χ4v) is 2.36. The molecule has 1 aliphatic carbocycles. The zero-order valence-corrected chi connectivity index (χ0v) is 11.7. The van der Waals surface area contributed by atoms with Gasteiger partial charge in [0.05, 0.1) is 5.56 Å². The molecule has 3 heteroatoms. The van der Waals surface area contributed by atoms with Crippen molar-refractivity contribution in [3.8, 4) is 11.8 Å². The lowest BCUT2D eigenvalue weighted by atomic mass is 10.1. The summed E-state index contributed by atoms with van der Waals surface area (Å²) in [6.07, 6.45) is 4.86. The van der Waals surface area contributed by atoms with Crippen LogP contribution in [0.5, 0.6) is 0 Å². The van der Waals surface area contributed by atoms with Crippen LogP contribution in [0, 0.1) is 24.6 Å². The van der Waals surface area contributed by atoms with E-state index in [9.17, 15) is 4.39 Å². The molecule has 0 N–H and O–H groups in total. The van der Waals surface area contributed by atoms with Crippen LogP contribution in [0.4, 0.5) is 4.39 Å². The normalized spacial score (nSPS) is 23.8. The van der Waals surface area contributed by atoms with Crippen molar-refractivity contribution in [3.05, 3.63) is 35.1 Å². The number of halogens is 1. The van der Waals surface area contributed by atoms with Crippen molar-refractivity contribution in [2.75, 3.05) is 6.61 Å². The lowest BCUT2D eigenvalue weighted by molar-refractivity contribution is -0.183. The molecule has 1 unspecified atom stereocenters. The number of hydrogen-bond acceptors (Lipinski definition) is 2. The summed E-state index contributed by atoms with van der Waals surface area (Å²) in [5.74, 6) is 5.78. The summed E-state index contributed by atoms with van der Waals surface area (Å²) in [5.41, 5.74) is 1.06. The van der Waals surface area contributed by atoms with Crippen molar-refractivity contribution in [1.29, 1.82) is 0 Å². The summed E-state index contributed by atoms with van der Waals surface area (Å²) in [6, 6.07) is 4.99. The van der Waals surface area contributed by atoms with E-state index in [1.165, 1.54) is 6.07 Å². The van der Waals surface area contributed by atoms with Gasteiger partial charge < -0.3 is 9.47 Å². The SMILES string of the molecule is Cc1ccc(F)c(C#CC2(OC3CCCCO3)CC2)c1. The topological polar surface area (TPSA) is 18.5 Å². The third-order valence-corrected chi connectivity index (χ3v) is 3.75. The predicted molar refractivity (Wildman–Crippen MR) is 74.7 cm³/mol. The number of hydrogen-bond donors (Lipinski definition) is 0. The first-order chi connectivity index (χ1) is 9.67. The monoisotopic (exact) mass is 274 g/mol. The smallest absolute Gasteiger partial charge is 0.159 e. The summed E-state index contributed by atoms with van der Waals surface area (Å²) < 4.78 is 25.2. The van der Waals surface area contributed by atoms with E-state index in [-0.39, 0.29) is 12.1 Å². The minimum Gasteiger partial charge on any atom is -0.353 e. The lowest BCUT2D eigenvalue weighted by Gasteiger charge is -2.25. The van der Waals surface area contributed by atoms with Crippen LogP contribution < -0.4 is 0 Å². The Labute approximate surface area is 119 Å². The molecule has 1 saturated heterocycles. The Morgan fingerprint density at radius 1 is 1.35 bits per heavy atom. The van der Waals surface area contributed by atoms with E-state index in [0.29, 0.717) is 5.56 Å². The van der Waals surface area contributed by atoms with Gasteiger partial charge in [-0.1, -0.05) is 17.9 Å². The number of ether oxygens (including phenoxy) is 2. The molecule has 1 saturated carbocycles. The summed E-state index contributed by atoms with van der Waals surface area (Å²) in [7, 11) is 0. The Morgan fingerprint density at radius 2 is 2.20 bits per heavy atom. The third kappa shape index (κ3) is 3.20. The minimum atomic E-state index is -0.405. The Bertz CT molecular complexity index is 546. The van der Waals surface area contributed by atoms with Crippen molar-refractivity contribution >= 4 is 0 Å². The summed E-state index contributed by atoms with van der Waals surface area (Å²) >= 11 is 0. The molecule has 2 fully saturated rings. The predicted octanol–water partition coefficient (Wildman–Crippen LogP) is 3.56. The van der Waals surface area contributed by atoms with Crippen molar-refractivity contribution in [1.82, 2.24) is 0 Å². The van der Waals surface area contributed by atoms with E-state index in [1.54, 1.807) is 12.1 Å². The van der Waals surface area contributed by atoms with Crippen molar-refractivity contribution in [3.63, 3.8) is 0 Å². The van der Waals surface area contributed by atoms with E-state index < -0.39 is 5.60 Å². The highest BCUT2D eigenvalue weighted by molar-refractivity contribution is 5.41. The van der Waals surface area contributed by atoms with Gasteiger partial charge in [0, 0.05) is 6.61 Å². The Morgan fingerprint density at radius 3 is 2.90 bits per heavy atom. The molecule has 0 spiro atoms. The summed E-state index contributed by atoms with van der Waals surface area (Å²) in [4.78, 5) is 0. The van der Waals surface area contributed by atoms with Gasteiger partial charge in [0.1, 0.15) is 11.4 Å². The van der Waals surface area contributed by atoms with Gasteiger partial charge in [0.25, 0.3) is 0 Å². The standard InChI is InChI=1S/C17H19FO2/c1-13-5-6-15(18)14(12-13)7-8-17(9-10-17)20-16-4-2-3-11-19-16/h5-6,12,16H,2-4,9-11H2,1H3. The second kappa shape index (κ2) is 5.55. The Kier molecular flexibility index (Phi) is 3.78. The average Bonchev–Trinajstić information content (AvgIpc) is 3.21. The van der Waals surface area contributed by atoms with Crippen LogP contribution in [-0.4, -0.2) is 18.5 Å². The number of benzene rings is 1. The van der Waals surface area contributed by atoms with Gasteiger partial charge in [-0.05, 0) is 56.7 Å². The lowest BCUT2D eigenvalue weighted by Crippen LogP contribution is -2.28. The van der Waals surface area contributed by atoms with Crippen LogP contribution in [-0.2, 0) is 9.47 Å². The number of aryl methyl sites for hydroxylation is 1. The van der Waals surface area contributed by atoms with E-state index >= 15 is 0 Å². The average molecular weight is 274 g/mol. The molecule has 1 aliphatic heterocycles. The number of rotatable bonds is 2. The van der Waals surface area contributed by atoms with Gasteiger partial charge in [-0.2, -0.15) is 0 Å². The molecule has 2 aliphatic rings. The van der Waals surface area contributed by atoms with Gasteiger partial charge in [-0.3, -0.25) is 0 Å². The molecule has 1 aromatic rings. The fourth-order valence-electron chi connectivity index (χ4n) is 2.36. The molecule has 0 radical (unpaired) electrons. The first-order valence-corrected chi connectivity index (χ1v) is 7.26. The van der Waals surface area contributed by atoms with Gasteiger partial charge >= 0.3 is 0 Å². The van der Waals surface area contributed by atoms with E-state index in [2.05, 4.69) is 11.8 Å². The van der Waals surface area contributed by atoms with Crippen LogP contribution in [0.2, 0.25) is 0 Å². The first kappa shape index (κ1) is 13.6. The zero-order valence-electron chi connectivity index (χ0n) is 11.7. The molecule has 1 atom stereocenters. The van der Waals surface area contributed by atoms with E-state index in [4.69, 9.17) is 9.47 Å². The molecule has 1 aromatic carbocycles. The summed E-state index contributed by atoms with van der Waals surface area (Å²) in [6.45, 7) is 2.70. The van der Waals surface area contributed by atoms with E-state index in [1.807, 2.05) is 6.92 Å². The van der Waals surface area contributed by atoms with Gasteiger partial charge in [-0.15, -0.1) is 0 Å². The maximum absolute atomic E-state index is 13.7. The second-order valence-electron chi connectivity index (χ2n) is 5.64. The maximum atomic E-state index is 13.7. The quantitative estimate of drug-likeness (QED) is 0.768. The molecule has 3 rings (SSSR count). The Hall–Kier alpha value is -1.37. The minimum absolute atomic E-state index is 0.136. The fraction of sp³-hybridized carbons (Fsp3) is 0.529. The van der Waals surface area contributed by atoms with Crippen LogP contribution >= 0.6 is 0 Å². The van der Waals surface area contributed by atoms with Crippen LogP contribution in [0.3, 0.4) is 0 Å². The molecule has 20 heavy (non-hydrogen) atoms. The molecule has 1 heterocycles. The van der Waals surface area contributed by atoms with Gasteiger partial charge in [0.15, 0.2) is 6.29 Å². The maximum Gasteiger partial charge on any atom is 0.159 e. The Balaban J connectivity index is 1.70. The highest BCUT2D eigenvalue weighted by atomic mass is 19.1. The molecule has 106 valence electrons. The van der Waals surface area contributed by atoms with Crippen molar-refractivity contribution < 1.29 is 13.9 Å². The highest BCUT2D eigenvalue weighted by Crippen LogP contribution is 2.41. The third-order valence-electron chi connectivity index (χ3n) is 3.75. The van der Waals surface area contributed by atoms with Crippen LogP contribution in [0.25, 0.3) is 0 Å². The molecule has 0 aromatic heterocycles. The highest BCUT2D eigenvalue weighted by Gasteiger charge is 2.45. The molecule has 2 nitrogen and oxygen atoms in total. The summed E-state index contributed by atoms with van der Waals surface area (Å²) in [5, 5.41) is 0. The van der Waals surface area contributed by atoms with E-state index in [0.717, 1.165) is 44.3 Å². The van der Waals surface area contributed by atoms with Crippen LogP contribution in [0.15, 0.2) is 18.2 Å². The van der Waals surface area contributed by atoms with Gasteiger partial charge in [-0.25, -0.2) is 4.39 Å². The largest absolute Gasteiger partial charge is 0.353 e. The van der Waals surface area contributed by atoms with Crippen LogP contribution in [0.1, 0.15) is 43.2 Å². The van der Waals surface area contributed by atoms with Gasteiger partial charge in [0.2, 0.25) is 0 Å². The molecular weight excluding hydrogens is 255 g/mol. The van der Waals surface area contributed by atoms with Crippen molar-refractivity contribution in [2.45, 2.75) is 50.9 Å². The zero-order chi connectivity index (χ0) is 14.0. The molecule has 0 amide bonds.